The maximum atomic E-state index is 12.5. The third-order valence-electron chi connectivity index (χ3n) is 4.61. The molecule has 0 fully saturated rings. The number of carbonyl (C=O) groups excluding carboxylic acids is 1. The smallest absolute Gasteiger partial charge is 0.224 e. The van der Waals surface area contributed by atoms with Crippen LogP contribution in [0.3, 0.4) is 0 Å². The van der Waals surface area contributed by atoms with Crippen LogP contribution in [0.4, 0.5) is 5.82 Å². The Kier molecular flexibility index (Phi) is 5.99. The molecule has 0 aliphatic carbocycles. The summed E-state index contributed by atoms with van der Waals surface area (Å²) in [6, 6.07) is 11.4. The van der Waals surface area contributed by atoms with Gasteiger partial charge in [0.2, 0.25) is 5.91 Å². The van der Waals surface area contributed by atoms with E-state index < -0.39 is 0 Å². The molecule has 0 radical (unpaired) electrons. The molecule has 1 N–H and O–H groups in total. The molecule has 2 heterocycles. The van der Waals surface area contributed by atoms with Gasteiger partial charge in [0.1, 0.15) is 5.82 Å². The number of rotatable bonds is 6. The highest BCUT2D eigenvalue weighted by Crippen LogP contribution is 2.20. The van der Waals surface area contributed by atoms with Gasteiger partial charge in [0, 0.05) is 43.1 Å². The van der Waals surface area contributed by atoms with Crippen molar-refractivity contribution in [3.8, 4) is 5.69 Å². The quantitative estimate of drug-likeness (QED) is 0.691. The van der Waals surface area contributed by atoms with E-state index >= 15 is 0 Å². The maximum Gasteiger partial charge on any atom is 0.224 e. The molecule has 0 bridgehead atoms. The summed E-state index contributed by atoms with van der Waals surface area (Å²) in [4.78, 5) is 18.8. The van der Waals surface area contributed by atoms with E-state index in [0.29, 0.717) is 11.6 Å². The van der Waals surface area contributed by atoms with Crippen molar-refractivity contribution >= 4 is 23.3 Å². The summed E-state index contributed by atoms with van der Waals surface area (Å²) in [7, 11) is 3.89. The highest BCUT2D eigenvalue weighted by Gasteiger charge is 2.16. The highest BCUT2D eigenvalue weighted by atomic mass is 35.5. The lowest BCUT2D eigenvalue weighted by Crippen LogP contribution is -2.25. The maximum absolute atomic E-state index is 12.5. The number of hydrogen-bond acceptors (Lipinski definition) is 4. The summed E-state index contributed by atoms with van der Waals surface area (Å²) in [5, 5.41) is 8.23. The lowest BCUT2D eigenvalue weighted by atomic mass is 10.1. The third kappa shape index (κ3) is 4.51. The van der Waals surface area contributed by atoms with Gasteiger partial charge in [-0.25, -0.2) is 9.67 Å². The summed E-state index contributed by atoms with van der Waals surface area (Å²) < 4.78 is 1.85. The molecule has 0 aliphatic rings. The van der Waals surface area contributed by atoms with Gasteiger partial charge in [0.05, 0.1) is 17.8 Å². The number of benzene rings is 1. The van der Waals surface area contributed by atoms with E-state index in [-0.39, 0.29) is 12.3 Å². The van der Waals surface area contributed by atoms with E-state index in [2.05, 4.69) is 15.4 Å². The standard InChI is InChI=1S/C21H24ClN5O/c1-14-19(15(2)27(25-14)18-8-6-17(22)7-9-18)11-21(28)24-13-16-5-10-20(23-12-16)26(3)4/h5-10,12H,11,13H2,1-4H3,(H,24,28). The Morgan fingerprint density at radius 2 is 1.86 bits per heavy atom. The topological polar surface area (TPSA) is 63.1 Å². The molecule has 7 heteroatoms. The van der Waals surface area contributed by atoms with Crippen molar-refractivity contribution in [2.75, 3.05) is 19.0 Å². The first kappa shape index (κ1) is 19.9. The van der Waals surface area contributed by atoms with E-state index in [4.69, 9.17) is 11.6 Å². The highest BCUT2D eigenvalue weighted by molar-refractivity contribution is 6.30. The van der Waals surface area contributed by atoms with Crippen molar-refractivity contribution in [3.05, 3.63) is 70.1 Å². The Morgan fingerprint density at radius 1 is 1.14 bits per heavy atom. The first-order valence-corrected chi connectivity index (χ1v) is 9.43. The molecule has 146 valence electrons. The van der Waals surface area contributed by atoms with Crippen LogP contribution in [-0.2, 0) is 17.8 Å². The monoisotopic (exact) mass is 397 g/mol. The second kappa shape index (κ2) is 8.44. The normalized spacial score (nSPS) is 10.8. The fourth-order valence-corrected chi connectivity index (χ4v) is 3.10. The molecule has 0 spiro atoms. The average Bonchev–Trinajstić information content (AvgIpc) is 2.95. The summed E-state index contributed by atoms with van der Waals surface area (Å²) in [6.45, 7) is 4.34. The average molecular weight is 398 g/mol. The zero-order valence-electron chi connectivity index (χ0n) is 16.5. The van der Waals surface area contributed by atoms with Gasteiger partial charge < -0.3 is 10.2 Å². The number of hydrogen-bond donors (Lipinski definition) is 1. The van der Waals surface area contributed by atoms with Crippen LogP contribution >= 0.6 is 11.6 Å². The summed E-state index contributed by atoms with van der Waals surface area (Å²) in [6.07, 6.45) is 2.07. The van der Waals surface area contributed by atoms with Crippen LogP contribution in [-0.4, -0.2) is 34.8 Å². The SMILES string of the molecule is Cc1nn(-c2ccc(Cl)cc2)c(C)c1CC(=O)NCc1ccc(N(C)C)nc1. The van der Waals surface area contributed by atoms with Crippen molar-refractivity contribution in [1.29, 1.82) is 0 Å². The van der Waals surface area contributed by atoms with Gasteiger partial charge in [-0.1, -0.05) is 17.7 Å². The molecule has 0 saturated carbocycles. The molecule has 28 heavy (non-hydrogen) atoms. The Labute approximate surface area is 170 Å². The van der Waals surface area contributed by atoms with Crippen molar-refractivity contribution < 1.29 is 4.79 Å². The number of nitrogens with one attached hydrogen (secondary N) is 1. The fraction of sp³-hybridized carbons (Fsp3) is 0.286. The summed E-state index contributed by atoms with van der Waals surface area (Å²) >= 11 is 5.96. The number of nitrogens with zero attached hydrogens (tertiary/aromatic N) is 4. The molecule has 6 nitrogen and oxygen atoms in total. The number of pyridine rings is 1. The van der Waals surface area contributed by atoms with Crippen LogP contribution in [0.5, 0.6) is 0 Å². The molecular formula is C21H24ClN5O. The molecule has 2 aromatic heterocycles. The second-order valence-corrected chi connectivity index (χ2v) is 7.35. The molecule has 0 atom stereocenters. The fourth-order valence-electron chi connectivity index (χ4n) is 2.97. The van der Waals surface area contributed by atoms with Crippen LogP contribution in [0, 0.1) is 13.8 Å². The number of halogens is 1. The van der Waals surface area contributed by atoms with Crippen LogP contribution in [0.1, 0.15) is 22.5 Å². The lowest BCUT2D eigenvalue weighted by Gasteiger charge is -2.11. The number of aryl methyl sites for hydroxylation is 1. The predicted octanol–water partition coefficient (Wildman–Crippen LogP) is 3.46. The summed E-state index contributed by atoms with van der Waals surface area (Å²) in [5.74, 6) is 0.842. The molecule has 3 aromatic rings. The van der Waals surface area contributed by atoms with Gasteiger partial charge in [-0.2, -0.15) is 5.10 Å². The second-order valence-electron chi connectivity index (χ2n) is 6.91. The van der Waals surface area contributed by atoms with Crippen LogP contribution < -0.4 is 10.2 Å². The minimum absolute atomic E-state index is 0.0430. The van der Waals surface area contributed by atoms with Crippen molar-refractivity contribution in [1.82, 2.24) is 20.1 Å². The minimum Gasteiger partial charge on any atom is -0.363 e. The third-order valence-corrected chi connectivity index (χ3v) is 4.86. The Morgan fingerprint density at radius 3 is 2.46 bits per heavy atom. The lowest BCUT2D eigenvalue weighted by molar-refractivity contribution is -0.120. The number of aromatic nitrogens is 3. The predicted molar refractivity (Wildman–Crippen MR) is 112 cm³/mol. The van der Waals surface area contributed by atoms with Gasteiger partial charge in [0.15, 0.2) is 0 Å². The van der Waals surface area contributed by atoms with E-state index in [9.17, 15) is 4.79 Å². The largest absolute Gasteiger partial charge is 0.363 e. The van der Waals surface area contributed by atoms with Gasteiger partial charge in [-0.05, 0) is 49.7 Å². The van der Waals surface area contributed by atoms with Gasteiger partial charge in [-0.3, -0.25) is 4.79 Å². The molecule has 3 rings (SSSR count). The van der Waals surface area contributed by atoms with E-state index in [0.717, 1.165) is 34.0 Å². The molecule has 0 saturated heterocycles. The minimum atomic E-state index is -0.0430. The van der Waals surface area contributed by atoms with E-state index in [1.165, 1.54) is 0 Å². The van der Waals surface area contributed by atoms with E-state index in [1.54, 1.807) is 6.20 Å². The van der Waals surface area contributed by atoms with Crippen molar-refractivity contribution in [3.63, 3.8) is 0 Å². The van der Waals surface area contributed by atoms with Gasteiger partial charge >= 0.3 is 0 Å². The van der Waals surface area contributed by atoms with Crippen LogP contribution in [0.15, 0.2) is 42.6 Å². The van der Waals surface area contributed by atoms with Gasteiger partial charge in [0.25, 0.3) is 0 Å². The zero-order valence-corrected chi connectivity index (χ0v) is 17.3. The molecule has 0 aliphatic heterocycles. The summed E-state index contributed by atoms with van der Waals surface area (Å²) in [5.41, 5.74) is 4.62. The number of anilines is 1. The van der Waals surface area contributed by atoms with Gasteiger partial charge in [-0.15, -0.1) is 0 Å². The van der Waals surface area contributed by atoms with Crippen LogP contribution in [0.25, 0.3) is 5.69 Å². The molecule has 1 amide bonds. The van der Waals surface area contributed by atoms with E-state index in [1.807, 2.05) is 73.9 Å². The Hall–Kier alpha value is -2.86. The molecule has 0 unspecified atom stereocenters. The zero-order chi connectivity index (χ0) is 20.3. The Bertz CT molecular complexity index is 962. The Balaban J connectivity index is 1.66. The van der Waals surface area contributed by atoms with Crippen molar-refractivity contribution in [2.24, 2.45) is 0 Å². The first-order valence-electron chi connectivity index (χ1n) is 9.05. The van der Waals surface area contributed by atoms with Crippen molar-refractivity contribution in [2.45, 2.75) is 26.8 Å². The number of carbonyl (C=O) groups is 1. The number of amides is 1. The molecule has 1 aromatic carbocycles. The van der Waals surface area contributed by atoms with Crippen LogP contribution in [0.2, 0.25) is 5.02 Å². The first-order chi connectivity index (χ1) is 13.3. The molecular weight excluding hydrogens is 374 g/mol.